The van der Waals surface area contributed by atoms with E-state index in [0.29, 0.717) is 0 Å². The molecule has 0 aliphatic rings. The maximum atomic E-state index is 8.74. The van der Waals surface area contributed by atoms with Crippen LogP contribution in [0.1, 0.15) is 0 Å². The van der Waals surface area contributed by atoms with Crippen LogP contribution in [0.25, 0.3) is 11.1 Å². The summed E-state index contributed by atoms with van der Waals surface area (Å²) in [6.07, 6.45) is 0. The van der Waals surface area contributed by atoms with Crippen molar-refractivity contribution in [2.24, 2.45) is 0 Å². The van der Waals surface area contributed by atoms with Crippen LogP contribution in [0.2, 0.25) is 10.0 Å². The average molecular weight is 273 g/mol. The fourth-order valence-corrected chi connectivity index (χ4v) is 1.75. The summed E-state index contributed by atoms with van der Waals surface area (Å²) in [5.74, 6) is 0. The third-order valence-corrected chi connectivity index (χ3v) is 2.95. The van der Waals surface area contributed by atoms with Gasteiger partial charge in [-0.2, -0.15) is 21.0 Å². The highest BCUT2D eigenvalue weighted by molar-refractivity contribution is 6.42. The van der Waals surface area contributed by atoms with Gasteiger partial charge < -0.3 is 0 Å². The Balaban J connectivity index is 3.98. The molecule has 0 amide bonds. The zero-order valence-corrected chi connectivity index (χ0v) is 10.2. The number of benzene rings is 1. The van der Waals surface area contributed by atoms with Crippen molar-refractivity contribution in [1.29, 1.82) is 21.0 Å². The van der Waals surface area contributed by atoms with Gasteiger partial charge in [0.15, 0.2) is 0 Å². The number of rotatable bonds is 0. The van der Waals surface area contributed by atoms with Crippen molar-refractivity contribution in [3.8, 4) is 24.3 Å². The number of halogens is 2. The Kier molecular flexibility index (Phi) is 4.31. The van der Waals surface area contributed by atoms with Crippen LogP contribution >= 0.6 is 23.2 Å². The van der Waals surface area contributed by atoms with E-state index in [4.69, 9.17) is 44.2 Å². The van der Waals surface area contributed by atoms with E-state index in [9.17, 15) is 0 Å². The largest absolute Gasteiger partial charge is 0.192 e. The van der Waals surface area contributed by atoms with Crippen molar-refractivity contribution in [3.63, 3.8) is 0 Å². The predicted octanol–water partition coefficient (Wildman–Crippen LogP) is 1.39. The van der Waals surface area contributed by atoms with E-state index in [1.54, 1.807) is 24.3 Å². The monoisotopic (exact) mass is 272 g/mol. The van der Waals surface area contributed by atoms with Crippen LogP contribution in [0, 0.1) is 45.3 Å². The van der Waals surface area contributed by atoms with E-state index in [1.807, 2.05) is 0 Å². The van der Waals surface area contributed by atoms with Crippen molar-refractivity contribution >= 4 is 34.3 Å². The fourth-order valence-electron chi connectivity index (χ4n) is 1.23. The second-order valence-electron chi connectivity index (χ2n) is 2.99. The molecule has 6 heteroatoms. The maximum Gasteiger partial charge on any atom is 0.138 e. The standard InChI is InChI=1S/C12H2Cl2N4/c13-11-9(7(3-15)4-16)1-2-10(12(11)14)8(5-17)6-18/h1-2H. The summed E-state index contributed by atoms with van der Waals surface area (Å²) in [6.45, 7) is 0. The minimum Gasteiger partial charge on any atom is -0.192 e. The van der Waals surface area contributed by atoms with Crippen LogP contribution < -0.4 is 10.4 Å². The second-order valence-corrected chi connectivity index (χ2v) is 3.74. The lowest BCUT2D eigenvalue weighted by Crippen LogP contribution is -2.15. The quantitative estimate of drug-likeness (QED) is 0.713. The van der Waals surface area contributed by atoms with Crippen molar-refractivity contribution in [2.45, 2.75) is 0 Å². The lowest BCUT2D eigenvalue weighted by atomic mass is 10.1. The van der Waals surface area contributed by atoms with Gasteiger partial charge in [0.1, 0.15) is 35.4 Å². The third kappa shape index (κ3) is 2.27. The van der Waals surface area contributed by atoms with E-state index >= 15 is 0 Å². The lowest BCUT2D eigenvalue weighted by Gasteiger charge is -1.98. The Morgan fingerprint density at radius 1 is 0.722 bits per heavy atom. The molecule has 0 saturated carbocycles. The Bertz CT molecular complexity index is 694. The van der Waals surface area contributed by atoms with Gasteiger partial charge in [-0.15, -0.1) is 0 Å². The van der Waals surface area contributed by atoms with Gasteiger partial charge in [-0.05, 0) is 0 Å². The molecule has 0 radical (unpaired) electrons. The smallest absolute Gasteiger partial charge is 0.138 e. The summed E-state index contributed by atoms with van der Waals surface area (Å²) in [4.78, 5) is 0. The molecule has 0 spiro atoms. The molecule has 1 rings (SSSR count). The van der Waals surface area contributed by atoms with Crippen LogP contribution in [0.3, 0.4) is 0 Å². The highest BCUT2D eigenvalue weighted by atomic mass is 35.5. The van der Waals surface area contributed by atoms with Crippen molar-refractivity contribution in [1.82, 2.24) is 0 Å². The molecule has 0 bridgehead atoms. The average Bonchev–Trinajstić information content (AvgIpc) is 2.39. The fraction of sp³-hybridized carbons (Fsp3) is 0. The van der Waals surface area contributed by atoms with Gasteiger partial charge in [-0.1, -0.05) is 35.3 Å². The van der Waals surface area contributed by atoms with Gasteiger partial charge in [0, 0.05) is 10.4 Å². The summed E-state index contributed by atoms with van der Waals surface area (Å²) in [7, 11) is 0. The van der Waals surface area contributed by atoms with Crippen LogP contribution in [0.5, 0.6) is 0 Å². The second kappa shape index (κ2) is 5.72. The molecule has 18 heavy (non-hydrogen) atoms. The van der Waals surface area contributed by atoms with E-state index in [-0.39, 0.29) is 31.6 Å². The van der Waals surface area contributed by atoms with Gasteiger partial charge in [-0.3, -0.25) is 0 Å². The molecule has 0 aliphatic carbocycles. The molecule has 0 N–H and O–H groups in total. The first kappa shape index (κ1) is 13.6. The molecule has 0 aliphatic heterocycles. The molecule has 0 saturated heterocycles. The predicted molar refractivity (Wildman–Crippen MR) is 65.0 cm³/mol. The number of hydrogen-bond acceptors (Lipinski definition) is 4. The summed E-state index contributed by atoms with van der Waals surface area (Å²) >= 11 is 11.8. The summed E-state index contributed by atoms with van der Waals surface area (Å²) in [6, 6.07) is 9.50. The van der Waals surface area contributed by atoms with Crippen LogP contribution in [0.15, 0.2) is 12.1 Å². The maximum absolute atomic E-state index is 8.74. The topological polar surface area (TPSA) is 95.2 Å². The van der Waals surface area contributed by atoms with Crippen molar-refractivity contribution < 1.29 is 0 Å². The van der Waals surface area contributed by atoms with E-state index in [1.165, 1.54) is 12.1 Å². The first-order chi connectivity index (χ1) is 8.60. The minimum atomic E-state index is -0.191. The van der Waals surface area contributed by atoms with Crippen LogP contribution in [-0.2, 0) is 0 Å². The molecule has 84 valence electrons. The van der Waals surface area contributed by atoms with Crippen LogP contribution in [0.4, 0.5) is 0 Å². The Hall–Kier alpha value is -2.50. The van der Waals surface area contributed by atoms with E-state index in [2.05, 4.69) is 0 Å². The molecule has 1 aromatic carbocycles. The summed E-state index contributed by atoms with van der Waals surface area (Å²) in [5, 5.41) is 35.3. The van der Waals surface area contributed by atoms with Gasteiger partial charge in [0.05, 0.1) is 10.0 Å². The van der Waals surface area contributed by atoms with E-state index < -0.39 is 0 Å². The normalized spacial score (nSPS) is 8.33. The first-order valence-electron chi connectivity index (χ1n) is 4.43. The van der Waals surface area contributed by atoms with Gasteiger partial charge in [0.2, 0.25) is 0 Å². The van der Waals surface area contributed by atoms with Gasteiger partial charge >= 0.3 is 0 Å². The minimum absolute atomic E-state index is 0.0322. The van der Waals surface area contributed by atoms with E-state index in [0.717, 1.165) is 0 Å². The highest BCUT2D eigenvalue weighted by Gasteiger charge is 2.08. The molecule has 0 atom stereocenters. The first-order valence-corrected chi connectivity index (χ1v) is 5.19. The van der Waals surface area contributed by atoms with Crippen molar-refractivity contribution in [2.75, 3.05) is 0 Å². The Morgan fingerprint density at radius 3 is 1.22 bits per heavy atom. The van der Waals surface area contributed by atoms with Crippen LogP contribution in [-0.4, -0.2) is 0 Å². The summed E-state index contributed by atoms with van der Waals surface area (Å²) in [5.41, 5.74) is -0.382. The van der Waals surface area contributed by atoms with Crippen molar-refractivity contribution in [3.05, 3.63) is 32.6 Å². The SMILES string of the molecule is N#CC(C#N)=c1ccc(=C(C#N)C#N)c(Cl)c1Cl. The van der Waals surface area contributed by atoms with Gasteiger partial charge in [0.25, 0.3) is 0 Å². The number of nitriles is 4. The zero-order chi connectivity index (χ0) is 13.7. The molecule has 0 heterocycles. The molecule has 1 aromatic rings. The van der Waals surface area contributed by atoms with Gasteiger partial charge in [-0.25, -0.2) is 0 Å². The Morgan fingerprint density at radius 2 is 1.00 bits per heavy atom. The molecule has 0 fully saturated rings. The highest BCUT2D eigenvalue weighted by Crippen LogP contribution is 2.14. The third-order valence-electron chi connectivity index (χ3n) is 2.07. The molecule has 0 aromatic heterocycles. The molecular weight excluding hydrogens is 271 g/mol. The molecule has 4 nitrogen and oxygen atoms in total. The Labute approximate surface area is 112 Å². The number of nitrogens with zero attached hydrogens (tertiary/aromatic N) is 4. The molecular formula is C12H2Cl2N4. The lowest BCUT2D eigenvalue weighted by molar-refractivity contribution is 1.46. The summed E-state index contributed by atoms with van der Waals surface area (Å²) < 4.78 is 0. The number of hydrogen-bond donors (Lipinski definition) is 0. The molecule has 0 unspecified atom stereocenters. The zero-order valence-electron chi connectivity index (χ0n) is 8.70.